The summed E-state index contributed by atoms with van der Waals surface area (Å²) in [4.78, 5) is 26.3. The van der Waals surface area contributed by atoms with Crippen molar-refractivity contribution in [3.63, 3.8) is 0 Å². The Morgan fingerprint density at radius 2 is 2.00 bits per heavy atom. The van der Waals surface area contributed by atoms with E-state index in [2.05, 4.69) is 15.6 Å². The Hall–Kier alpha value is -2.30. The van der Waals surface area contributed by atoms with E-state index >= 15 is 0 Å². The highest BCUT2D eigenvalue weighted by Gasteiger charge is 2.26. The molecule has 1 aromatic carbocycles. The fourth-order valence-corrected chi connectivity index (χ4v) is 1.85. The van der Waals surface area contributed by atoms with E-state index in [4.69, 9.17) is 0 Å². The molecule has 0 aliphatic heterocycles. The molecule has 0 radical (unpaired) electrons. The molecule has 5 heteroatoms. The number of benzene rings is 1. The number of H-pyrrole nitrogens is 1. The smallest absolute Gasteiger partial charge is 0.313 e. The summed E-state index contributed by atoms with van der Waals surface area (Å²) >= 11 is 0. The molecular weight excluding hydrogens is 230 g/mol. The second kappa shape index (κ2) is 4.18. The number of hydrogen-bond acceptors (Lipinski definition) is 2. The van der Waals surface area contributed by atoms with Gasteiger partial charge in [-0.05, 0) is 31.0 Å². The van der Waals surface area contributed by atoms with Crippen LogP contribution in [-0.4, -0.2) is 22.8 Å². The van der Waals surface area contributed by atoms with Crippen molar-refractivity contribution in [2.75, 3.05) is 5.32 Å². The second-order valence-electron chi connectivity index (χ2n) is 4.45. The van der Waals surface area contributed by atoms with E-state index in [-0.39, 0.29) is 6.04 Å². The summed E-state index contributed by atoms with van der Waals surface area (Å²) in [6.07, 6.45) is 3.73. The Bertz CT molecular complexity index is 613. The monoisotopic (exact) mass is 243 g/mol. The van der Waals surface area contributed by atoms with Crippen molar-refractivity contribution >= 4 is 28.4 Å². The Morgan fingerprint density at radius 3 is 2.78 bits per heavy atom. The summed E-state index contributed by atoms with van der Waals surface area (Å²) in [7, 11) is 0. The summed E-state index contributed by atoms with van der Waals surface area (Å²) < 4.78 is 0. The third kappa shape index (κ3) is 2.07. The predicted molar refractivity (Wildman–Crippen MR) is 68.1 cm³/mol. The fourth-order valence-electron chi connectivity index (χ4n) is 1.85. The van der Waals surface area contributed by atoms with E-state index in [9.17, 15) is 9.59 Å². The van der Waals surface area contributed by atoms with E-state index in [1.807, 2.05) is 18.2 Å². The fraction of sp³-hybridized carbons (Fsp3) is 0.231. The van der Waals surface area contributed by atoms with Crippen LogP contribution in [0.1, 0.15) is 12.8 Å². The van der Waals surface area contributed by atoms with Crippen LogP contribution in [0.5, 0.6) is 0 Å². The van der Waals surface area contributed by atoms with E-state index in [1.54, 1.807) is 12.3 Å². The van der Waals surface area contributed by atoms with Crippen molar-refractivity contribution in [3.05, 3.63) is 30.5 Å². The van der Waals surface area contributed by atoms with Gasteiger partial charge in [-0.25, -0.2) is 0 Å². The lowest BCUT2D eigenvalue weighted by atomic mass is 10.2. The van der Waals surface area contributed by atoms with Crippen LogP contribution < -0.4 is 10.6 Å². The normalized spacial score (nSPS) is 14.4. The molecule has 2 amide bonds. The lowest BCUT2D eigenvalue weighted by molar-refractivity contribution is -0.136. The molecule has 0 unspecified atom stereocenters. The first-order chi connectivity index (χ1) is 8.74. The molecule has 1 aromatic heterocycles. The van der Waals surface area contributed by atoms with Gasteiger partial charge in [-0.15, -0.1) is 0 Å². The number of hydrogen-bond donors (Lipinski definition) is 3. The van der Waals surface area contributed by atoms with Gasteiger partial charge in [0.2, 0.25) is 0 Å². The zero-order valence-electron chi connectivity index (χ0n) is 9.69. The number of amides is 2. The molecule has 2 aromatic rings. The van der Waals surface area contributed by atoms with Crippen LogP contribution in [0, 0.1) is 0 Å². The summed E-state index contributed by atoms with van der Waals surface area (Å²) in [5.41, 5.74) is 1.57. The predicted octanol–water partition coefficient (Wildman–Crippen LogP) is 1.38. The average molecular weight is 243 g/mol. The minimum Gasteiger partial charge on any atom is -0.361 e. The molecule has 0 saturated heterocycles. The highest BCUT2D eigenvalue weighted by molar-refractivity contribution is 6.40. The lowest BCUT2D eigenvalue weighted by Gasteiger charge is -2.06. The van der Waals surface area contributed by atoms with Crippen molar-refractivity contribution < 1.29 is 9.59 Å². The maximum atomic E-state index is 11.7. The molecule has 0 bridgehead atoms. The van der Waals surface area contributed by atoms with Gasteiger partial charge in [-0.2, -0.15) is 0 Å². The summed E-state index contributed by atoms with van der Waals surface area (Å²) in [6, 6.07) is 7.57. The van der Waals surface area contributed by atoms with Gasteiger partial charge in [-0.1, -0.05) is 6.07 Å². The summed E-state index contributed by atoms with van der Waals surface area (Å²) in [6.45, 7) is 0. The molecule has 0 spiro atoms. The maximum absolute atomic E-state index is 11.7. The van der Waals surface area contributed by atoms with Crippen LogP contribution in [0.25, 0.3) is 10.9 Å². The van der Waals surface area contributed by atoms with Crippen molar-refractivity contribution in [2.45, 2.75) is 18.9 Å². The van der Waals surface area contributed by atoms with Crippen LogP contribution in [0.4, 0.5) is 5.69 Å². The second-order valence-corrected chi connectivity index (χ2v) is 4.45. The van der Waals surface area contributed by atoms with Crippen LogP contribution >= 0.6 is 0 Å². The molecule has 3 N–H and O–H groups in total. The first-order valence-corrected chi connectivity index (χ1v) is 5.92. The number of rotatable bonds is 2. The van der Waals surface area contributed by atoms with Crippen molar-refractivity contribution in [1.82, 2.24) is 10.3 Å². The van der Waals surface area contributed by atoms with E-state index in [1.165, 1.54) is 0 Å². The third-order valence-corrected chi connectivity index (χ3v) is 2.96. The van der Waals surface area contributed by atoms with Gasteiger partial charge in [-0.3, -0.25) is 9.59 Å². The highest BCUT2D eigenvalue weighted by atomic mass is 16.2. The lowest BCUT2D eigenvalue weighted by Crippen LogP contribution is -2.36. The third-order valence-electron chi connectivity index (χ3n) is 2.96. The van der Waals surface area contributed by atoms with E-state index in [0.717, 1.165) is 23.7 Å². The highest BCUT2D eigenvalue weighted by Crippen LogP contribution is 2.22. The maximum Gasteiger partial charge on any atom is 0.313 e. The number of aromatic nitrogens is 1. The van der Waals surface area contributed by atoms with Gasteiger partial charge in [0.1, 0.15) is 0 Å². The van der Waals surface area contributed by atoms with Gasteiger partial charge in [0, 0.05) is 23.1 Å². The van der Waals surface area contributed by atoms with E-state index < -0.39 is 11.8 Å². The molecule has 0 atom stereocenters. The zero-order chi connectivity index (χ0) is 12.5. The number of carbonyl (C=O) groups is 2. The summed E-state index contributed by atoms with van der Waals surface area (Å²) in [5, 5.41) is 6.18. The Labute approximate surface area is 104 Å². The average Bonchev–Trinajstić information content (AvgIpc) is 3.04. The van der Waals surface area contributed by atoms with Gasteiger partial charge in [0.25, 0.3) is 0 Å². The van der Waals surface area contributed by atoms with Crippen molar-refractivity contribution in [2.24, 2.45) is 0 Å². The first-order valence-electron chi connectivity index (χ1n) is 5.92. The molecule has 92 valence electrons. The SMILES string of the molecule is O=C(Nc1cccc2[nH]ccc12)C(=O)NC1CC1. The molecular formula is C13H13N3O2. The number of nitrogens with one attached hydrogen (secondary N) is 3. The molecule has 3 rings (SSSR count). The van der Waals surface area contributed by atoms with Gasteiger partial charge < -0.3 is 15.6 Å². The first kappa shape index (κ1) is 10.8. The Kier molecular flexibility index (Phi) is 2.51. The van der Waals surface area contributed by atoms with Crippen LogP contribution in [0.15, 0.2) is 30.5 Å². The number of fused-ring (bicyclic) bond motifs is 1. The summed E-state index contributed by atoms with van der Waals surface area (Å²) in [5.74, 6) is -1.18. The van der Waals surface area contributed by atoms with Gasteiger partial charge >= 0.3 is 11.8 Å². The van der Waals surface area contributed by atoms with Crippen LogP contribution in [0.2, 0.25) is 0 Å². The standard InChI is InChI=1S/C13H13N3O2/c17-12(15-8-4-5-8)13(18)16-11-3-1-2-10-9(11)6-7-14-10/h1-3,6-8,14H,4-5H2,(H,15,17)(H,16,18). The molecule has 1 aliphatic carbocycles. The molecule has 1 heterocycles. The molecule has 18 heavy (non-hydrogen) atoms. The topological polar surface area (TPSA) is 74.0 Å². The van der Waals surface area contributed by atoms with Gasteiger partial charge in [0.15, 0.2) is 0 Å². The minimum atomic E-state index is -0.615. The Balaban J connectivity index is 1.76. The largest absolute Gasteiger partial charge is 0.361 e. The molecule has 5 nitrogen and oxygen atoms in total. The number of carbonyl (C=O) groups excluding carboxylic acids is 2. The minimum absolute atomic E-state index is 0.186. The quantitative estimate of drug-likeness (QED) is 0.697. The zero-order valence-corrected chi connectivity index (χ0v) is 9.69. The molecule has 1 saturated carbocycles. The van der Waals surface area contributed by atoms with Crippen molar-refractivity contribution in [3.8, 4) is 0 Å². The van der Waals surface area contributed by atoms with Crippen LogP contribution in [0.3, 0.4) is 0 Å². The molecule has 1 fully saturated rings. The molecule has 1 aliphatic rings. The van der Waals surface area contributed by atoms with Crippen molar-refractivity contribution in [1.29, 1.82) is 0 Å². The Morgan fingerprint density at radius 1 is 1.17 bits per heavy atom. The number of aromatic amines is 1. The van der Waals surface area contributed by atoms with E-state index in [0.29, 0.717) is 5.69 Å². The van der Waals surface area contributed by atoms with Crippen LogP contribution in [-0.2, 0) is 9.59 Å². The van der Waals surface area contributed by atoms with Gasteiger partial charge in [0.05, 0.1) is 5.69 Å². The number of anilines is 1.